The zero-order valence-electron chi connectivity index (χ0n) is 17.2. The first-order valence-electron chi connectivity index (χ1n) is 8.68. The molecule has 1 atom stereocenters. The maximum Gasteiger partial charge on any atom is 0.328 e. The largest absolute Gasteiger partial charge is 0.497 e. The van der Waals surface area contributed by atoms with E-state index in [1.165, 1.54) is 0 Å². The van der Waals surface area contributed by atoms with Gasteiger partial charge in [0.15, 0.2) is 5.96 Å². The van der Waals surface area contributed by atoms with Crippen molar-refractivity contribution < 1.29 is 19.0 Å². The average molecular weight is 493 g/mol. The minimum Gasteiger partial charge on any atom is -0.497 e. The van der Waals surface area contributed by atoms with Gasteiger partial charge in [0.05, 0.1) is 20.3 Å². The van der Waals surface area contributed by atoms with Gasteiger partial charge < -0.3 is 24.8 Å². The van der Waals surface area contributed by atoms with Gasteiger partial charge in [0, 0.05) is 12.1 Å². The van der Waals surface area contributed by atoms with Crippen LogP contribution in [0.1, 0.15) is 46.2 Å². The minimum absolute atomic E-state index is 0. The fourth-order valence-electron chi connectivity index (χ4n) is 2.30. The van der Waals surface area contributed by atoms with Crippen molar-refractivity contribution in [3.8, 4) is 11.5 Å². The van der Waals surface area contributed by atoms with Gasteiger partial charge in [0.25, 0.3) is 0 Å². The quantitative estimate of drug-likeness (QED) is 0.263. The SMILES string of the molecule is CCNC(=NCC(=O)OC(C)(C)C)NC(C)c1cc(OC)ccc1OC.I. The molecule has 0 fully saturated rings. The summed E-state index contributed by atoms with van der Waals surface area (Å²) in [5.41, 5.74) is 0.398. The molecule has 0 aliphatic rings. The van der Waals surface area contributed by atoms with E-state index < -0.39 is 5.60 Å². The van der Waals surface area contributed by atoms with Crippen molar-refractivity contribution in [2.75, 3.05) is 27.3 Å². The number of carbonyl (C=O) groups is 1. The highest BCUT2D eigenvalue weighted by molar-refractivity contribution is 14.0. The number of hydrogen-bond acceptors (Lipinski definition) is 5. The van der Waals surface area contributed by atoms with Crippen LogP contribution in [-0.4, -0.2) is 44.8 Å². The zero-order chi connectivity index (χ0) is 19.7. The third-order valence-electron chi connectivity index (χ3n) is 3.39. The first-order chi connectivity index (χ1) is 12.2. The van der Waals surface area contributed by atoms with E-state index in [-0.39, 0.29) is 42.5 Å². The lowest BCUT2D eigenvalue weighted by molar-refractivity contribution is -0.152. The number of rotatable bonds is 7. The summed E-state index contributed by atoms with van der Waals surface area (Å²) in [7, 11) is 3.25. The number of benzene rings is 1. The van der Waals surface area contributed by atoms with Gasteiger partial charge >= 0.3 is 5.97 Å². The number of esters is 1. The van der Waals surface area contributed by atoms with E-state index in [0.29, 0.717) is 12.5 Å². The van der Waals surface area contributed by atoms with E-state index in [9.17, 15) is 4.79 Å². The summed E-state index contributed by atoms with van der Waals surface area (Å²) < 4.78 is 16.0. The van der Waals surface area contributed by atoms with Crippen molar-refractivity contribution in [2.45, 2.75) is 46.3 Å². The Balaban J connectivity index is 0.00000676. The van der Waals surface area contributed by atoms with Gasteiger partial charge in [-0.25, -0.2) is 4.99 Å². The summed E-state index contributed by atoms with van der Waals surface area (Å²) >= 11 is 0. The highest BCUT2D eigenvalue weighted by atomic mass is 127. The molecule has 27 heavy (non-hydrogen) atoms. The molecule has 0 aliphatic carbocycles. The van der Waals surface area contributed by atoms with E-state index in [4.69, 9.17) is 14.2 Å². The Morgan fingerprint density at radius 3 is 2.41 bits per heavy atom. The topological polar surface area (TPSA) is 81.2 Å². The Morgan fingerprint density at radius 2 is 1.89 bits per heavy atom. The van der Waals surface area contributed by atoms with Crippen LogP contribution in [0.3, 0.4) is 0 Å². The zero-order valence-corrected chi connectivity index (χ0v) is 19.5. The molecule has 7 nitrogen and oxygen atoms in total. The first kappa shape index (κ1) is 25.3. The third-order valence-corrected chi connectivity index (χ3v) is 3.39. The smallest absolute Gasteiger partial charge is 0.328 e. The van der Waals surface area contributed by atoms with Gasteiger partial charge in [-0.1, -0.05) is 0 Å². The molecule has 1 unspecified atom stereocenters. The number of halogens is 1. The van der Waals surface area contributed by atoms with Gasteiger partial charge in [-0.05, 0) is 52.8 Å². The summed E-state index contributed by atoms with van der Waals surface area (Å²) in [6.07, 6.45) is 0. The Labute approximate surface area is 179 Å². The van der Waals surface area contributed by atoms with Crippen molar-refractivity contribution in [3.05, 3.63) is 23.8 Å². The van der Waals surface area contributed by atoms with Gasteiger partial charge in [0.1, 0.15) is 23.6 Å². The van der Waals surface area contributed by atoms with Crippen LogP contribution in [0.5, 0.6) is 11.5 Å². The van der Waals surface area contributed by atoms with Crippen molar-refractivity contribution in [2.24, 2.45) is 4.99 Å². The summed E-state index contributed by atoms with van der Waals surface area (Å²) in [5, 5.41) is 6.40. The number of aliphatic imine (C=N–C) groups is 1. The van der Waals surface area contributed by atoms with E-state index in [2.05, 4.69) is 15.6 Å². The molecule has 0 amide bonds. The van der Waals surface area contributed by atoms with Crippen LogP contribution >= 0.6 is 24.0 Å². The van der Waals surface area contributed by atoms with Crippen LogP contribution in [0.2, 0.25) is 0 Å². The molecule has 0 aromatic heterocycles. The molecule has 2 N–H and O–H groups in total. The fraction of sp³-hybridized carbons (Fsp3) is 0.579. The average Bonchev–Trinajstić information content (AvgIpc) is 2.57. The van der Waals surface area contributed by atoms with E-state index in [1.54, 1.807) is 14.2 Å². The van der Waals surface area contributed by atoms with Gasteiger partial charge in [-0.15, -0.1) is 24.0 Å². The van der Waals surface area contributed by atoms with Crippen LogP contribution < -0.4 is 20.1 Å². The lowest BCUT2D eigenvalue weighted by Crippen LogP contribution is -2.39. The summed E-state index contributed by atoms with van der Waals surface area (Å²) in [6, 6.07) is 5.50. The summed E-state index contributed by atoms with van der Waals surface area (Å²) in [6.45, 7) is 10.0. The first-order valence-corrected chi connectivity index (χ1v) is 8.68. The molecule has 8 heteroatoms. The molecule has 0 radical (unpaired) electrons. The fourth-order valence-corrected chi connectivity index (χ4v) is 2.30. The van der Waals surface area contributed by atoms with Crippen molar-refractivity contribution in [1.29, 1.82) is 0 Å². The van der Waals surface area contributed by atoms with Crippen molar-refractivity contribution in [1.82, 2.24) is 10.6 Å². The maximum absolute atomic E-state index is 11.9. The van der Waals surface area contributed by atoms with Gasteiger partial charge in [0.2, 0.25) is 0 Å². The second-order valence-corrected chi connectivity index (χ2v) is 6.76. The molecule has 0 saturated heterocycles. The number of hydrogen-bond donors (Lipinski definition) is 2. The van der Waals surface area contributed by atoms with Crippen LogP contribution in [-0.2, 0) is 9.53 Å². The number of carbonyl (C=O) groups excluding carboxylic acids is 1. The molecule has 0 aliphatic heterocycles. The van der Waals surface area contributed by atoms with Crippen LogP contribution in [0.25, 0.3) is 0 Å². The Hall–Kier alpha value is -1.71. The van der Waals surface area contributed by atoms with E-state index >= 15 is 0 Å². The lowest BCUT2D eigenvalue weighted by atomic mass is 10.1. The summed E-state index contributed by atoms with van der Waals surface area (Å²) in [4.78, 5) is 16.2. The summed E-state index contributed by atoms with van der Waals surface area (Å²) in [5.74, 6) is 1.64. The molecule has 0 spiro atoms. The molecule has 0 saturated carbocycles. The Kier molecular flexibility index (Phi) is 11.1. The van der Waals surface area contributed by atoms with Crippen molar-refractivity contribution in [3.63, 3.8) is 0 Å². The maximum atomic E-state index is 11.9. The molecule has 0 heterocycles. The molecular weight excluding hydrogens is 461 g/mol. The van der Waals surface area contributed by atoms with Crippen molar-refractivity contribution >= 4 is 35.9 Å². The number of guanidine groups is 1. The highest BCUT2D eigenvalue weighted by Crippen LogP contribution is 2.29. The van der Waals surface area contributed by atoms with Gasteiger partial charge in [-0.3, -0.25) is 4.79 Å². The lowest BCUT2D eigenvalue weighted by Gasteiger charge is -2.21. The van der Waals surface area contributed by atoms with E-state index in [0.717, 1.165) is 17.1 Å². The second kappa shape index (κ2) is 11.9. The van der Waals surface area contributed by atoms with Gasteiger partial charge in [-0.2, -0.15) is 0 Å². The number of methoxy groups -OCH3 is 2. The number of nitrogens with one attached hydrogen (secondary N) is 2. The predicted octanol–water partition coefficient (Wildman–Crippen LogP) is 3.28. The minimum atomic E-state index is -0.528. The number of ether oxygens (including phenoxy) is 3. The third kappa shape index (κ3) is 9.16. The molecule has 1 aromatic rings. The monoisotopic (exact) mass is 493 g/mol. The normalized spacial score (nSPS) is 12.5. The van der Waals surface area contributed by atoms with E-state index in [1.807, 2.05) is 52.8 Å². The van der Waals surface area contributed by atoms with Crippen LogP contribution in [0.4, 0.5) is 0 Å². The molecule has 1 rings (SSSR count). The Bertz CT molecular complexity index is 630. The standard InChI is InChI=1S/C19H31N3O4.HI/c1-8-20-18(21-12-17(23)26-19(3,4)5)22-13(2)15-11-14(24-6)9-10-16(15)25-7;/h9-11,13H,8,12H2,1-7H3,(H2,20,21,22);1H. The van der Waals surface area contributed by atoms with Crippen LogP contribution in [0, 0.1) is 0 Å². The molecule has 154 valence electrons. The van der Waals surface area contributed by atoms with Crippen LogP contribution in [0.15, 0.2) is 23.2 Å². The number of nitrogens with zero attached hydrogens (tertiary/aromatic N) is 1. The second-order valence-electron chi connectivity index (χ2n) is 6.76. The molecule has 1 aromatic carbocycles. The Morgan fingerprint density at radius 1 is 1.22 bits per heavy atom. The molecular formula is C19H32IN3O4. The predicted molar refractivity (Wildman–Crippen MR) is 118 cm³/mol. The molecule has 0 bridgehead atoms. The highest BCUT2D eigenvalue weighted by Gasteiger charge is 2.17.